The second-order valence-corrected chi connectivity index (χ2v) is 6.85. The number of carbonyl (C=O) groups excluding carboxylic acids is 1. The van der Waals surface area contributed by atoms with Crippen molar-refractivity contribution in [2.24, 2.45) is 0 Å². The average molecular weight is 337 g/mol. The number of fused-ring (bicyclic) bond motifs is 1. The van der Waals surface area contributed by atoms with Crippen LogP contribution in [0.2, 0.25) is 0 Å². The maximum Gasteiger partial charge on any atom is 0.228 e. The minimum absolute atomic E-state index is 0.164. The monoisotopic (exact) mass is 337 g/mol. The van der Waals surface area contributed by atoms with Crippen LogP contribution in [0.25, 0.3) is 5.65 Å². The summed E-state index contributed by atoms with van der Waals surface area (Å²) in [5.41, 5.74) is 2.86. The summed E-state index contributed by atoms with van der Waals surface area (Å²) < 4.78 is 3.92. The molecule has 0 unspecified atom stereocenters. The number of rotatable bonds is 4. The lowest BCUT2D eigenvalue weighted by Crippen LogP contribution is -2.46. The van der Waals surface area contributed by atoms with Crippen LogP contribution in [0.4, 0.5) is 0 Å². The molecule has 0 saturated carbocycles. The number of hydrogen-bond donors (Lipinski definition) is 0. The van der Waals surface area contributed by atoms with Crippen LogP contribution >= 0.6 is 0 Å². The molecule has 0 radical (unpaired) electrons. The highest BCUT2D eigenvalue weighted by molar-refractivity contribution is 5.79. The molecular weight excluding hydrogens is 314 g/mol. The highest BCUT2D eigenvalue weighted by Crippen LogP contribution is 2.20. The van der Waals surface area contributed by atoms with Gasteiger partial charge in [-0.15, -0.1) is 0 Å². The molecule has 1 aliphatic rings. The number of likely N-dealkylation sites (tertiary alicyclic amines) is 1. The molecule has 3 aromatic rings. The van der Waals surface area contributed by atoms with E-state index < -0.39 is 0 Å². The van der Waals surface area contributed by atoms with E-state index in [4.69, 9.17) is 0 Å². The lowest BCUT2D eigenvalue weighted by molar-refractivity contribution is -0.134. The Morgan fingerprint density at radius 2 is 2.20 bits per heavy atom. The van der Waals surface area contributed by atoms with Gasteiger partial charge in [0.2, 0.25) is 5.91 Å². The molecule has 4 rings (SSSR count). The van der Waals surface area contributed by atoms with Gasteiger partial charge in [0.05, 0.1) is 30.9 Å². The van der Waals surface area contributed by atoms with Crippen molar-refractivity contribution >= 4 is 11.6 Å². The lowest BCUT2D eigenvalue weighted by atomic mass is 10.0. The van der Waals surface area contributed by atoms with Crippen LogP contribution < -0.4 is 0 Å². The van der Waals surface area contributed by atoms with Crippen LogP contribution in [0.3, 0.4) is 0 Å². The normalized spacial score (nSPS) is 18.0. The molecule has 0 aliphatic carbocycles. The summed E-state index contributed by atoms with van der Waals surface area (Å²) in [6.07, 6.45) is 11.5. The summed E-state index contributed by atoms with van der Waals surface area (Å²) in [7, 11) is 0. The van der Waals surface area contributed by atoms with Crippen molar-refractivity contribution in [3.05, 3.63) is 54.2 Å². The number of hydrogen-bond acceptors (Lipinski definition) is 3. The first-order chi connectivity index (χ1) is 12.2. The summed E-state index contributed by atoms with van der Waals surface area (Å²) in [5, 5.41) is 4.38. The Labute approximate surface area is 147 Å². The summed E-state index contributed by atoms with van der Waals surface area (Å²) in [6, 6.07) is 6.10. The molecule has 4 heterocycles. The van der Waals surface area contributed by atoms with E-state index in [1.807, 2.05) is 63.9 Å². The van der Waals surface area contributed by atoms with Gasteiger partial charge in [-0.3, -0.25) is 9.48 Å². The van der Waals surface area contributed by atoms with Crippen LogP contribution in [-0.2, 0) is 17.8 Å². The molecule has 1 amide bonds. The Hall–Kier alpha value is -2.63. The van der Waals surface area contributed by atoms with Crippen LogP contribution in [0.1, 0.15) is 30.5 Å². The third kappa shape index (κ3) is 3.43. The van der Waals surface area contributed by atoms with Crippen LogP contribution in [0.5, 0.6) is 0 Å². The highest BCUT2D eigenvalue weighted by atomic mass is 16.2. The van der Waals surface area contributed by atoms with Crippen molar-refractivity contribution in [1.82, 2.24) is 24.1 Å². The predicted octanol–water partition coefficient (Wildman–Crippen LogP) is 2.46. The Kier molecular flexibility index (Phi) is 4.26. The van der Waals surface area contributed by atoms with Gasteiger partial charge in [-0.05, 0) is 43.9 Å². The Morgan fingerprint density at radius 1 is 1.28 bits per heavy atom. The van der Waals surface area contributed by atoms with Gasteiger partial charge in [-0.25, -0.2) is 4.98 Å². The fourth-order valence-corrected chi connectivity index (χ4v) is 3.63. The molecule has 3 aromatic heterocycles. The zero-order valence-electron chi connectivity index (χ0n) is 14.5. The van der Waals surface area contributed by atoms with Gasteiger partial charge >= 0.3 is 0 Å². The fraction of sp³-hybridized carbons (Fsp3) is 0.421. The van der Waals surface area contributed by atoms with E-state index >= 15 is 0 Å². The minimum atomic E-state index is 0.164. The molecule has 6 heteroatoms. The summed E-state index contributed by atoms with van der Waals surface area (Å²) in [6.45, 7) is 3.64. The number of aromatic nitrogens is 4. The number of aryl methyl sites for hydroxylation is 1. The molecule has 0 bridgehead atoms. The summed E-state index contributed by atoms with van der Waals surface area (Å²) in [4.78, 5) is 19.5. The van der Waals surface area contributed by atoms with E-state index in [0.717, 1.165) is 42.8 Å². The van der Waals surface area contributed by atoms with Gasteiger partial charge in [0, 0.05) is 25.1 Å². The van der Waals surface area contributed by atoms with Gasteiger partial charge in [0.15, 0.2) is 0 Å². The zero-order valence-corrected chi connectivity index (χ0v) is 14.5. The van der Waals surface area contributed by atoms with Crippen molar-refractivity contribution in [2.75, 3.05) is 6.54 Å². The van der Waals surface area contributed by atoms with Gasteiger partial charge in [0.25, 0.3) is 0 Å². The standard InChI is InChI=1S/C19H23N5O/c1-15-11-20-23(12-15)14-17-6-2-5-9-24(17)19(25)10-16-13-22-8-4-3-7-18(22)21-16/h3-4,7-8,11-13,17H,2,5-6,9-10,14H2,1H3/t17-/m0/s1. The van der Waals surface area contributed by atoms with E-state index in [9.17, 15) is 4.79 Å². The Balaban J connectivity index is 1.48. The van der Waals surface area contributed by atoms with Gasteiger partial charge in [-0.1, -0.05) is 6.07 Å². The first kappa shape index (κ1) is 15.9. The van der Waals surface area contributed by atoms with E-state index in [1.54, 1.807) is 0 Å². The molecule has 6 nitrogen and oxygen atoms in total. The Morgan fingerprint density at radius 3 is 3.00 bits per heavy atom. The first-order valence-corrected chi connectivity index (χ1v) is 8.90. The smallest absolute Gasteiger partial charge is 0.228 e. The number of imidazole rings is 1. The molecule has 1 aliphatic heterocycles. The largest absolute Gasteiger partial charge is 0.338 e. The van der Waals surface area contributed by atoms with Crippen molar-refractivity contribution in [1.29, 1.82) is 0 Å². The molecule has 0 N–H and O–H groups in total. The fourth-order valence-electron chi connectivity index (χ4n) is 3.63. The van der Waals surface area contributed by atoms with Crippen LogP contribution in [-0.4, -0.2) is 42.6 Å². The SMILES string of the molecule is Cc1cnn(C[C@@H]2CCCCN2C(=O)Cc2cn3ccccc3n2)c1. The predicted molar refractivity (Wildman–Crippen MR) is 95.2 cm³/mol. The first-order valence-electron chi connectivity index (χ1n) is 8.90. The van der Waals surface area contributed by atoms with E-state index in [0.29, 0.717) is 6.42 Å². The van der Waals surface area contributed by atoms with E-state index in [-0.39, 0.29) is 11.9 Å². The molecular formula is C19H23N5O. The summed E-state index contributed by atoms with van der Waals surface area (Å²) in [5.74, 6) is 0.164. The van der Waals surface area contributed by atoms with Gasteiger partial charge in [-0.2, -0.15) is 5.10 Å². The number of carbonyl (C=O) groups is 1. The van der Waals surface area contributed by atoms with E-state index in [2.05, 4.69) is 10.1 Å². The molecule has 1 atom stereocenters. The summed E-state index contributed by atoms with van der Waals surface area (Å²) >= 11 is 0. The van der Waals surface area contributed by atoms with Crippen LogP contribution in [0, 0.1) is 6.92 Å². The zero-order chi connectivity index (χ0) is 17.2. The quantitative estimate of drug-likeness (QED) is 0.735. The van der Waals surface area contributed by atoms with E-state index in [1.165, 1.54) is 6.42 Å². The maximum atomic E-state index is 12.9. The van der Waals surface area contributed by atoms with Gasteiger partial charge in [0.1, 0.15) is 5.65 Å². The number of amides is 1. The molecule has 1 saturated heterocycles. The molecule has 25 heavy (non-hydrogen) atoms. The molecule has 0 spiro atoms. The molecule has 130 valence electrons. The number of piperidine rings is 1. The topological polar surface area (TPSA) is 55.4 Å². The lowest BCUT2D eigenvalue weighted by Gasteiger charge is -2.35. The van der Waals surface area contributed by atoms with Crippen molar-refractivity contribution in [3.8, 4) is 0 Å². The second-order valence-electron chi connectivity index (χ2n) is 6.85. The van der Waals surface area contributed by atoms with Crippen molar-refractivity contribution in [2.45, 2.75) is 45.2 Å². The molecule has 0 aromatic carbocycles. The van der Waals surface area contributed by atoms with Crippen molar-refractivity contribution in [3.63, 3.8) is 0 Å². The number of pyridine rings is 1. The second kappa shape index (κ2) is 6.70. The molecule has 1 fully saturated rings. The van der Waals surface area contributed by atoms with Crippen molar-refractivity contribution < 1.29 is 4.79 Å². The van der Waals surface area contributed by atoms with Crippen LogP contribution in [0.15, 0.2) is 43.0 Å². The minimum Gasteiger partial charge on any atom is -0.338 e. The number of nitrogens with zero attached hydrogens (tertiary/aromatic N) is 5. The maximum absolute atomic E-state index is 12.9. The third-order valence-corrected chi connectivity index (χ3v) is 4.85. The Bertz CT molecular complexity index is 848. The average Bonchev–Trinajstić information content (AvgIpc) is 3.20. The highest BCUT2D eigenvalue weighted by Gasteiger charge is 2.27. The third-order valence-electron chi connectivity index (χ3n) is 4.85. The van der Waals surface area contributed by atoms with Gasteiger partial charge < -0.3 is 9.30 Å².